The number of cyclic esters (lactones) is 1. The Morgan fingerprint density at radius 1 is 1.11 bits per heavy atom. The molecule has 2 aromatic heterocycles. The normalized spacial score (nSPS) is 18.3. The van der Waals surface area contributed by atoms with Gasteiger partial charge in [0.1, 0.15) is 11.9 Å². The quantitative estimate of drug-likeness (QED) is 0.345. The first-order valence-corrected chi connectivity index (χ1v) is 12.1. The van der Waals surface area contributed by atoms with Gasteiger partial charge < -0.3 is 14.4 Å². The van der Waals surface area contributed by atoms with Crippen LogP contribution in [0.25, 0.3) is 33.3 Å². The SMILES string of the molecule is CC(C)c1cc(-c2ccnc3ccccc23)c(-c2ccc(F)cc2)n1CC[C@@H]1C[C@@H](O)CC(=O)O1. The summed E-state index contributed by atoms with van der Waals surface area (Å²) in [6.45, 7) is 4.91. The van der Waals surface area contributed by atoms with Crippen LogP contribution in [0.1, 0.15) is 44.7 Å². The lowest BCUT2D eigenvalue weighted by molar-refractivity contribution is -0.160. The Morgan fingerprint density at radius 2 is 1.89 bits per heavy atom. The highest BCUT2D eigenvalue weighted by molar-refractivity contribution is 5.98. The molecule has 0 unspecified atom stereocenters. The van der Waals surface area contributed by atoms with E-state index in [1.807, 2.05) is 42.6 Å². The van der Waals surface area contributed by atoms with Crippen LogP contribution < -0.4 is 0 Å². The molecule has 6 heteroatoms. The molecule has 3 heterocycles. The third-order valence-electron chi connectivity index (χ3n) is 6.69. The van der Waals surface area contributed by atoms with Gasteiger partial charge >= 0.3 is 5.97 Å². The second-order valence-corrected chi connectivity index (χ2v) is 9.51. The van der Waals surface area contributed by atoms with Crippen LogP contribution in [0.2, 0.25) is 0 Å². The summed E-state index contributed by atoms with van der Waals surface area (Å²) in [6, 6.07) is 18.9. The highest BCUT2D eigenvalue weighted by Crippen LogP contribution is 2.40. The van der Waals surface area contributed by atoms with Gasteiger partial charge in [-0.05, 0) is 59.5 Å². The number of benzene rings is 2. The van der Waals surface area contributed by atoms with Crippen LogP contribution in [0.4, 0.5) is 4.39 Å². The Bertz CT molecular complexity index is 1360. The lowest BCUT2D eigenvalue weighted by atomic mass is 9.97. The number of rotatable bonds is 6. The molecule has 1 fully saturated rings. The smallest absolute Gasteiger partial charge is 0.308 e. The summed E-state index contributed by atoms with van der Waals surface area (Å²) in [5, 5.41) is 11.1. The summed E-state index contributed by atoms with van der Waals surface area (Å²) in [5.74, 6) is -0.404. The predicted molar refractivity (Wildman–Crippen MR) is 134 cm³/mol. The van der Waals surface area contributed by atoms with Crippen molar-refractivity contribution < 1.29 is 19.0 Å². The highest BCUT2D eigenvalue weighted by Gasteiger charge is 2.28. The van der Waals surface area contributed by atoms with E-state index in [0.717, 1.165) is 39.0 Å². The average Bonchev–Trinajstić information content (AvgIpc) is 3.22. The number of esters is 1. The summed E-state index contributed by atoms with van der Waals surface area (Å²) in [7, 11) is 0. The maximum atomic E-state index is 13.8. The third kappa shape index (κ3) is 4.71. The van der Waals surface area contributed by atoms with Crippen LogP contribution >= 0.6 is 0 Å². The highest BCUT2D eigenvalue weighted by atomic mass is 19.1. The lowest BCUT2D eigenvalue weighted by Gasteiger charge is -2.27. The van der Waals surface area contributed by atoms with E-state index in [4.69, 9.17) is 4.74 Å². The van der Waals surface area contributed by atoms with Crippen molar-refractivity contribution in [3.05, 3.63) is 78.4 Å². The van der Waals surface area contributed by atoms with Crippen molar-refractivity contribution in [2.75, 3.05) is 0 Å². The fourth-order valence-electron chi connectivity index (χ4n) is 5.05. The number of aromatic nitrogens is 2. The van der Waals surface area contributed by atoms with E-state index in [1.54, 1.807) is 0 Å². The number of carbonyl (C=O) groups is 1. The third-order valence-corrected chi connectivity index (χ3v) is 6.69. The molecular formula is C29H29FN2O3. The standard InChI is InChI=1S/C29H29FN2O3/c1-18(2)27-17-25(23-11-13-31-26-6-4-3-5-24(23)26)29(19-7-9-20(30)10-8-19)32(27)14-12-22-15-21(33)16-28(34)35-22/h3-11,13,17-18,21-22,33H,12,14-16H2,1-2H3/t21-,22-/m1/s1. The van der Waals surface area contributed by atoms with Crippen molar-refractivity contribution in [3.63, 3.8) is 0 Å². The number of halogens is 1. The van der Waals surface area contributed by atoms with Crippen LogP contribution in [-0.4, -0.2) is 32.8 Å². The van der Waals surface area contributed by atoms with Gasteiger partial charge in [-0.2, -0.15) is 0 Å². The number of nitrogens with zero attached hydrogens (tertiary/aromatic N) is 2. The number of aliphatic hydroxyl groups is 1. The second-order valence-electron chi connectivity index (χ2n) is 9.51. The van der Waals surface area contributed by atoms with E-state index in [2.05, 4.69) is 35.5 Å². The van der Waals surface area contributed by atoms with Crippen LogP contribution in [0, 0.1) is 5.82 Å². The molecule has 4 aromatic rings. The summed E-state index contributed by atoms with van der Waals surface area (Å²) in [4.78, 5) is 16.4. The number of pyridine rings is 1. The van der Waals surface area contributed by atoms with E-state index in [1.165, 1.54) is 12.1 Å². The van der Waals surface area contributed by atoms with Crippen molar-refractivity contribution in [3.8, 4) is 22.4 Å². The van der Waals surface area contributed by atoms with Crippen LogP contribution in [-0.2, 0) is 16.1 Å². The summed E-state index contributed by atoms with van der Waals surface area (Å²) in [6.07, 6.45) is 1.91. The van der Waals surface area contributed by atoms with Crippen LogP contribution in [0.15, 0.2) is 66.9 Å². The molecule has 0 bridgehead atoms. The van der Waals surface area contributed by atoms with Gasteiger partial charge in [0.15, 0.2) is 0 Å². The molecule has 35 heavy (non-hydrogen) atoms. The zero-order valence-electron chi connectivity index (χ0n) is 19.9. The van der Waals surface area contributed by atoms with E-state index in [-0.39, 0.29) is 30.2 Å². The van der Waals surface area contributed by atoms with E-state index in [0.29, 0.717) is 19.4 Å². The number of aliphatic hydroxyl groups excluding tert-OH is 1. The minimum Gasteiger partial charge on any atom is -0.462 e. The van der Waals surface area contributed by atoms with Gasteiger partial charge in [-0.15, -0.1) is 0 Å². The van der Waals surface area contributed by atoms with Gasteiger partial charge in [-0.3, -0.25) is 9.78 Å². The first-order chi connectivity index (χ1) is 16.9. The van der Waals surface area contributed by atoms with Gasteiger partial charge in [-0.1, -0.05) is 32.0 Å². The molecule has 1 aliphatic rings. The summed E-state index contributed by atoms with van der Waals surface area (Å²) in [5.41, 5.74) is 6.08. The fourth-order valence-corrected chi connectivity index (χ4v) is 5.05. The molecule has 5 rings (SSSR count). The van der Waals surface area contributed by atoms with E-state index in [9.17, 15) is 14.3 Å². The average molecular weight is 473 g/mol. The minimum atomic E-state index is -0.661. The first kappa shape index (κ1) is 23.2. The van der Waals surface area contributed by atoms with Gasteiger partial charge in [0, 0.05) is 42.2 Å². The number of fused-ring (bicyclic) bond motifs is 1. The molecule has 5 nitrogen and oxygen atoms in total. The van der Waals surface area contributed by atoms with Crippen LogP contribution in [0.5, 0.6) is 0 Å². The van der Waals surface area contributed by atoms with Crippen molar-refractivity contribution in [1.82, 2.24) is 9.55 Å². The molecule has 180 valence electrons. The topological polar surface area (TPSA) is 64.3 Å². The fraction of sp³-hybridized carbons (Fsp3) is 0.310. The van der Waals surface area contributed by atoms with Gasteiger partial charge in [-0.25, -0.2) is 4.39 Å². The molecule has 2 aromatic carbocycles. The van der Waals surface area contributed by atoms with Crippen molar-refractivity contribution >= 4 is 16.9 Å². The maximum absolute atomic E-state index is 13.8. The minimum absolute atomic E-state index is 0.0529. The van der Waals surface area contributed by atoms with Crippen molar-refractivity contribution in [2.45, 2.75) is 57.8 Å². The zero-order valence-corrected chi connectivity index (χ0v) is 19.9. The molecule has 1 N–H and O–H groups in total. The van der Waals surface area contributed by atoms with Crippen molar-refractivity contribution in [2.24, 2.45) is 0 Å². The number of ether oxygens (including phenoxy) is 1. The van der Waals surface area contributed by atoms with Gasteiger partial charge in [0.25, 0.3) is 0 Å². The number of hydrogen-bond donors (Lipinski definition) is 1. The van der Waals surface area contributed by atoms with Gasteiger partial charge in [0.05, 0.1) is 23.7 Å². The van der Waals surface area contributed by atoms with E-state index < -0.39 is 6.10 Å². The molecule has 0 saturated carbocycles. The summed E-state index contributed by atoms with van der Waals surface area (Å²) < 4.78 is 21.6. The lowest BCUT2D eigenvalue weighted by Crippen LogP contribution is -2.33. The molecule has 0 spiro atoms. The molecule has 1 aliphatic heterocycles. The van der Waals surface area contributed by atoms with Gasteiger partial charge in [0.2, 0.25) is 0 Å². The van der Waals surface area contributed by atoms with Crippen LogP contribution in [0.3, 0.4) is 0 Å². The number of hydrogen-bond acceptors (Lipinski definition) is 4. The summed E-state index contributed by atoms with van der Waals surface area (Å²) >= 11 is 0. The molecular weight excluding hydrogens is 443 g/mol. The maximum Gasteiger partial charge on any atom is 0.308 e. The Hall–Kier alpha value is -3.51. The molecule has 0 aliphatic carbocycles. The molecule has 2 atom stereocenters. The monoisotopic (exact) mass is 472 g/mol. The largest absolute Gasteiger partial charge is 0.462 e. The predicted octanol–water partition coefficient (Wildman–Crippen LogP) is 6.09. The zero-order chi connectivity index (χ0) is 24.5. The number of carbonyl (C=O) groups excluding carboxylic acids is 1. The second kappa shape index (κ2) is 9.62. The molecule has 0 amide bonds. The Balaban J connectivity index is 1.66. The number of para-hydroxylation sites is 1. The Morgan fingerprint density at radius 3 is 2.63 bits per heavy atom. The van der Waals surface area contributed by atoms with Crippen molar-refractivity contribution in [1.29, 1.82) is 0 Å². The Labute approximate surface area is 204 Å². The molecule has 1 saturated heterocycles. The Kier molecular flexibility index (Phi) is 6.39. The van der Waals surface area contributed by atoms with E-state index >= 15 is 0 Å². The first-order valence-electron chi connectivity index (χ1n) is 12.1. The molecule has 0 radical (unpaired) electrons.